The molecule has 8 heteroatoms. The molecule has 0 aliphatic carbocycles. The fourth-order valence-electron chi connectivity index (χ4n) is 1.35. The summed E-state index contributed by atoms with van der Waals surface area (Å²) in [6.45, 7) is 2.94. The number of oxime groups is 1. The predicted molar refractivity (Wildman–Crippen MR) is 67.6 cm³/mol. The maximum Gasteiger partial charge on any atom is 0.311 e. The van der Waals surface area contributed by atoms with Crippen LogP contribution in [0.2, 0.25) is 0 Å². The van der Waals surface area contributed by atoms with Crippen LogP contribution in [0.1, 0.15) is 12.5 Å². The zero-order valence-electron chi connectivity index (χ0n) is 10.4. The van der Waals surface area contributed by atoms with E-state index in [2.05, 4.69) is 5.16 Å². The minimum Gasteiger partial charge on any atom is -0.484 e. The maximum absolute atomic E-state index is 10.9. The van der Waals surface area contributed by atoms with Gasteiger partial charge in [0, 0.05) is 18.2 Å². The van der Waals surface area contributed by atoms with E-state index in [0.717, 1.165) is 0 Å². The summed E-state index contributed by atoms with van der Waals surface area (Å²) >= 11 is 0. The van der Waals surface area contributed by atoms with Crippen LogP contribution < -0.4 is 10.5 Å². The number of hydrogen-bond donors (Lipinski definition) is 2. The molecule has 8 nitrogen and oxygen atoms in total. The average Bonchev–Trinajstić information content (AvgIpc) is 2.42. The van der Waals surface area contributed by atoms with Crippen LogP contribution in [0.3, 0.4) is 0 Å². The van der Waals surface area contributed by atoms with Crippen molar-refractivity contribution in [3.05, 3.63) is 33.9 Å². The van der Waals surface area contributed by atoms with Crippen molar-refractivity contribution in [2.24, 2.45) is 10.9 Å². The van der Waals surface area contributed by atoms with E-state index in [0.29, 0.717) is 13.2 Å². The normalized spacial score (nSPS) is 11.3. The van der Waals surface area contributed by atoms with Gasteiger partial charge in [-0.1, -0.05) is 5.16 Å². The quantitative estimate of drug-likeness (QED) is 0.191. The molecule has 0 aromatic heterocycles. The topological polar surface area (TPSA) is 120 Å². The number of rotatable bonds is 7. The van der Waals surface area contributed by atoms with Gasteiger partial charge in [0.2, 0.25) is 0 Å². The molecule has 0 radical (unpaired) electrons. The first-order valence-corrected chi connectivity index (χ1v) is 5.57. The minimum atomic E-state index is -0.593. The third-order valence-corrected chi connectivity index (χ3v) is 2.25. The Morgan fingerprint density at radius 3 is 2.84 bits per heavy atom. The second-order valence-electron chi connectivity index (χ2n) is 3.47. The van der Waals surface area contributed by atoms with Crippen LogP contribution >= 0.6 is 0 Å². The van der Waals surface area contributed by atoms with Gasteiger partial charge in [-0.3, -0.25) is 10.1 Å². The highest BCUT2D eigenvalue weighted by Crippen LogP contribution is 2.27. The lowest BCUT2D eigenvalue weighted by Gasteiger charge is -2.07. The van der Waals surface area contributed by atoms with Crippen LogP contribution in [-0.2, 0) is 4.74 Å². The molecule has 1 rings (SSSR count). The number of nitro benzene ring substituents is 1. The molecule has 0 fully saturated rings. The molecule has 0 atom stereocenters. The van der Waals surface area contributed by atoms with E-state index in [4.69, 9.17) is 20.4 Å². The minimum absolute atomic E-state index is 0.110. The van der Waals surface area contributed by atoms with Gasteiger partial charge in [0.25, 0.3) is 0 Å². The van der Waals surface area contributed by atoms with Gasteiger partial charge in [-0.2, -0.15) is 0 Å². The third-order valence-electron chi connectivity index (χ3n) is 2.25. The van der Waals surface area contributed by atoms with Gasteiger partial charge < -0.3 is 20.4 Å². The number of hydrogen-bond acceptors (Lipinski definition) is 6. The molecule has 3 N–H and O–H groups in total. The van der Waals surface area contributed by atoms with Crippen LogP contribution in [0.4, 0.5) is 5.69 Å². The van der Waals surface area contributed by atoms with E-state index >= 15 is 0 Å². The number of benzene rings is 1. The Bertz CT molecular complexity index is 475. The summed E-state index contributed by atoms with van der Waals surface area (Å²) in [7, 11) is 0. The Morgan fingerprint density at radius 1 is 1.53 bits per heavy atom. The highest BCUT2D eigenvalue weighted by atomic mass is 16.6. The van der Waals surface area contributed by atoms with Crippen LogP contribution in [0.15, 0.2) is 23.4 Å². The fraction of sp³-hybridized carbons (Fsp3) is 0.364. The van der Waals surface area contributed by atoms with E-state index in [1.165, 1.54) is 18.2 Å². The molecular formula is C11H15N3O5. The highest BCUT2D eigenvalue weighted by molar-refractivity contribution is 5.97. The number of amidine groups is 1. The molecule has 0 spiro atoms. The zero-order valence-corrected chi connectivity index (χ0v) is 10.4. The molecular weight excluding hydrogens is 254 g/mol. The Kier molecular flexibility index (Phi) is 5.55. The first kappa shape index (κ1) is 14.7. The molecule has 0 saturated carbocycles. The number of nitro groups is 1. The lowest BCUT2D eigenvalue weighted by atomic mass is 10.1. The molecule has 104 valence electrons. The summed E-state index contributed by atoms with van der Waals surface area (Å²) in [5.74, 6) is -0.0943. The van der Waals surface area contributed by atoms with Crippen LogP contribution in [-0.4, -0.2) is 35.8 Å². The molecule has 1 aromatic carbocycles. The second-order valence-corrected chi connectivity index (χ2v) is 3.47. The lowest BCUT2D eigenvalue weighted by Crippen LogP contribution is -2.14. The van der Waals surface area contributed by atoms with Gasteiger partial charge in [-0.25, -0.2) is 0 Å². The fourth-order valence-corrected chi connectivity index (χ4v) is 1.35. The lowest BCUT2D eigenvalue weighted by molar-refractivity contribution is -0.385. The standard InChI is InChI=1S/C11H15N3O5/c1-2-18-5-6-19-10-4-3-8(11(12)13-15)7-9(10)14(16)17/h3-4,7,15H,2,5-6H2,1H3,(H2,12,13). The van der Waals surface area contributed by atoms with Crippen molar-refractivity contribution >= 4 is 11.5 Å². The number of ether oxygens (including phenoxy) is 2. The molecule has 0 aliphatic rings. The molecule has 0 bridgehead atoms. The van der Waals surface area contributed by atoms with Crippen molar-refractivity contribution in [3.8, 4) is 5.75 Å². The van der Waals surface area contributed by atoms with E-state index in [1.54, 1.807) is 0 Å². The first-order chi connectivity index (χ1) is 9.10. The summed E-state index contributed by atoms with van der Waals surface area (Å²) < 4.78 is 10.3. The van der Waals surface area contributed by atoms with Gasteiger partial charge in [-0.05, 0) is 19.1 Å². The largest absolute Gasteiger partial charge is 0.484 e. The molecule has 19 heavy (non-hydrogen) atoms. The van der Waals surface area contributed by atoms with Crippen LogP contribution in [0.25, 0.3) is 0 Å². The Hall–Kier alpha value is -2.35. The predicted octanol–water partition coefficient (Wildman–Crippen LogP) is 1.10. The summed E-state index contributed by atoms with van der Waals surface area (Å²) in [6.07, 6.45) is 0. The van der Waals surface area contributed by atoms with Crippen LogP contribution in [0.5, 0.6) is 5.75 Å². The van der Waals surface area contributed by atoms with Crippen molar-refractivity contribution < 1.29 is 19.6 Å². The van der Waals surface area contributed by atoms with Gasteiger partial charge in [0.1, 0.15) is 6.61 Å². The molecule has 0 saturated heterocycles. The summed E-state index contributed by atoms with van der Waals surface area (Å²) in [5, 5.41) is 22.2. The summed E-state index contributed by atoms with van der Waals surface area (Å²) in [5.41, 5.74) is 5.36. The molecule has 0 aliphatic heterocycles. The SMILES string of the molecule is CCOCCOc1ccc(/C(N)=N/O)cc1[N+](=O)[O-]. The van der Waals surface area contributed by atoms with Crippen molar-refractivity contribution in [1.82, 2.24) is 0 Å². The molecule has 0 unspecified atom stereocenters. The Labute approximate surface area is 109 Å². The van der Waals surface area contributed by atoms with E-state index in [1.807, 2.05) is 6.92 Å². The monoisotopic (exact) mass is 269 g/mol. The molecule has 0 heterocycles. The number of nitrogens with two attached hydrogens (primary N) is 1. The van der Waals surface area contributed by atoms with Gasteiger partial charge in [0.05, 0.1) is 11.5 Å². The molecule has 1 aromatic rings. The first-order valence-electron chi connectivity index (χ1n) is 5.57. The van der Waals surface area contributed by atoms with E-state index < -0.39 is 4.92 Å². The van der Waals surface area contributed by atoms with Crippen LogP contribution in [0, 0.1) is 10.1 Å². The van der Waals surface area contributed by atoms with Crippen molar-refractivity contribution in [1.29, 1.82) is 0 Å². The smallest absolute Gasteiger partial charge is 0.311 e. The molecule has 0 amide bonds. The van der Waals surface area contributed by atoms with Crippen molar-refractivity contribution in [2.45, 2.75) is 6.92 Å². The van der Waals surface area contributed by atoms with Gasteiger partial charge in [-0.15, -0.1) is 0 Å². The van der Waals surface area contributed by atoms with E-state index in [-0.39, 0.29) is 29.4 Å². The van der Waals surface area contributed by atoms with Crippen molar-refractivity contribution in [3.63, 3.8) is 0 Å². The van der Waals surface area contributed by atoms with Crippen molar-refractivity contribution in [2.75, 3.05) is 19.8 Å². The van der Waals surface area contributed by atoms with Gasteiger partial charge >= 0.3 is 5.69 Å². The summed E-state index contributed by atoms with van der Waals surface area (Å²) in [6, 6.07) is 4.06. The highest BCUT2D eigenvalue weighted by Gasteiger charge is 2.17. The maximum atomic E-state index is 10.9. The van der Waals surface area contributed by atoms with Gasteiger partial charge in [0.15, 0.2) is 11.6 Å². The van der Waals surface area contributed by atoms with E-state index in [9.17, 15) is 10.1 Å². The Morgan fingerprint density at radius 2 is 2.26 bits per heavy atom. The average molecular weight is 269 g/mol. The number of nitrogens with zero attached hydrogens (tertiary/aromatic N) is 2. The second kappa shape index (κ2) is 7.17. The third kappa shape index (κ3) is 4.11. The summed E-state index contributed by atoms with van der Waals surface area (Å²) in [4.78, 5) is 10.3. The Balaban J connectivity index is 2.89. The zero-order chi connectivity index (χ0) is 14.3.